The lowest BCUT2D eigenvalue weighted by Gasteiger charge is -2.08. The molecule has 2 aromatic rings. The predicted molar refractivity (Wildman–Crippen MR) is 96.8 cm³/mol. The SMILES string of the molecule is COc1ccc(OC)c(/C=C/C(=O)NNC(=O)COc2cccc(F)c2)c1. The van der Waals surface area contributed by atoms with Gasteiger partial charge in [0.25, 0.3) is 11.8 Å². The maximum absolute atomic E-state index is 13.0. The summed E-state index contributed by atoms with van der Waals surface area (Å²) in [6.07, 6.45) is 2.75. The Hall–Kier alpha value is -3.55. The van der Waals surface area contributed by atoms with Gasteiger partial charge in [-0.3, -0.25) is 20.4 Å². The Balaban J connectivity index is 1.83. The molecule has 0 unspecified atom stereocenters. The Morgan fingerprint density at radius 1 is 1.04 bits per heavy atom. The number of hydrogen-bond donors (Lipinski definition) is 2. The summed E-state index contributed by atoms with van der Waals surface area (Å²) in [6.45, 7) is -0.378. The summed E-state index contributed by atoms with van der Waals surface area (Å²) in [5.74, 6) is -0.245. The Morgan fingerprint density at radius 2 is 1.85 bits per heavy atom. The summed E-state index contributed by atoms with van der Waals surface area (Å²) in [5.41, 5.74) is 5.04. The second kappa shape index (κ2) is 9.81. The van der Waals surface area contributed by atoms with Crippen LogP contribution in [0.15, 0.2) is 48.5 Å². The highest BCUT2D eigenvalue weighted by Crippen LogP contribution is 2.24. The number of carbonyl (C=O) groups is 2. The molecule has 0 saturated carbocycles. The molecule has 0 aromatic heterocycles. The Kier molecular flexibility index (Phi) is 7.18. The van der Waals surface area contributed by atoms with Crippen molar-refractivity contribution in [1.82, 2.24) is 10.9 Å². The van der Waals surface area contributed by atoms with E-state index in [9.17, 15) is 14.0 Å². The molecule has 0 aliphatic rings. The normalized spacial score (nSPS) is 10.3. The minimum Gasteiger partial charge on any atom is -0.497 e. The van der Waals surface area contributed by atoms with Gasteiger partial charge in [0.05, 0.1) is 14.2 Å². The number of carbonyl (C=O) groups excluding carboxylic acids is 2. The molecule has 27 heavy (non-hydrogen) atoms. The number of rotatable bonds is 7. The predicted octanol–water partition coefficient (Wildman–Crippen LogP) is 2.08. The van der Waals surface area contributed by atoms with Crippen LogP contribution in [0, 0.1) is 5.82 Å². The van der Waals surface area contributed by atoms with Crippen molar-refractivity contribution in [3.05, 3.63) is 59.9 Å². The highest BCUT2D eigenvalue weighted by atomic mass is 19.1. The quantitative estimate of drug-likeness (QED) is 0.573. The number of ether oxygens (including phenoxy) is 3. The van der Waals surface area contributed by atoms with Gasteiger partial charge in [-0.2, -0.15) is 0 Å². The second-order valence-electron chi connectivity index (χ2n) is 5.22. The zero-order chi connectivity index (χ0) is 19.6. The molecule has 2 rings (SSSR count). The van der Waals surface area contributed by atoms with E-state index in [1.165, 1.54) is 44.6 Å². The maximum Gasteiger partial charge on any atom is 0.276 e. The molecule has 0 bridgehead atoms. The van der Waals surface area contributed by atoms with Crippen LogP contribution in [-0.2, 0) is 9.59 Å². The van der Waals surface area contributed by atoms with Gasteiger partial charge in [-0.25, -0.2) is 4.39 Å². The molecule has 0 radical (unpaired) electrons. The van der Waals surface area contributed by atoms with Crippen molar-refractivity contribution in [2.75, 3.05) is 20.8 Å². The smallest absolute Gasteiger partial charge is 0.276 e. The van der Waals surface area contributed by atoms with E-state index in [0.717, 1.165) is 6.07 Å². The van der Waals surface area contributed by atoms with Gasteiger partial charge in [0.2, 0.25) is 0 Å². The van der Waals surface area contributed by atoms with Crippen molar-refractivity contribution in [3.63, 3.8) is 0 Å². The Labute approximate surface area is 155 Å². The molecule has 2 amide bonds. The molecular formula is C19H19FN2O5. The van der Waals surface area contributed by atoms with Crippen LogP contribution in [0.3, 0.4) is 0 Å². The molecule has 0 spiro atoms. The maximum atomic E-state index is 13.0. The number of methoxy groups -OCH3 is 2. The van der Waals surface area contributed by atoms with E-state index in [0.29, 0.717) is 17.1 Å². The molecule has 0 heterocycles. The number of hydrogen-bond acceptors (Lipinski definition) is 5. The number of amides is 2. The molecule has 2 N–H and O–H groups in total. The molecule has 0 atom stereocenters. The van der Waals surface area contributed by atoms with Crippen LogP contribution >= 0.6 is 0 Å². The molecule has 142 valence electrons. The van der Waals surface area contributed by atoms with Crippen LogP contribution in [0.1, 0.15) is 5.56 Å². The standard InChI is InChI=1S/C19H19FN2O5/c1-25-15-7-8-17(26-2)13(10-15)6-9-18(23)21-22-19(24)12-27-16-5-3-4-14(20)11-16/h3-11H,12H2,1-2H3,(H,21,23)(H,22,24)/b9-6+. The zero-order valence-corrected chi connectivity index (χ0v) is 14.8. The fourth-order valence-corrected chi connectivity index (χ4v) is 2.05. The number of nitrogens with one attached hydrogen (secondary N) is 2. The first-order valence-electron chi connectivity index (χ1n) is 7.89. The average Bonchev–Trinajstić information content (AvgIpc) is 2.68. The van der Waals surface area contributed by atoms with E-state index in [1.807, 2.05) is 0 Å². The number of benzene rings is 2. The molecular weight excluding hydrogens is 355 g/mol. The summed E-state index contributed by atoms with van der Waals surface area (Å²) in [4.78, 5) is 23.5. The highest BCUT2D eigenvalue weighted by Gasteiger charge is 2.06. The molecule has 0 aliphatic heterocycles. The van der Waals surface area contributed by atoms with Crippen molar-refractivity contribution >= 4 is 17.9 Å². The third-order valence-electron chi connectivity index (χ3n) is 3.34. The second-order valence-corrected chi connectivity index (χ2v) is 5.22. The van der Waals surface area contributed by atoms with Crippen LogP contribution in [0.4, 0.5) is 4.39 Å². The zero-order valence-electron chi connectivity index (χ0n) is 14.8. The highest BCUT2D eigenvalue weighted by molar-refractivity contribution is 5.93. The fourth-order valence-electron chi connectivity index (χ4n) is 2.05. The summed E-state index contributed by atoms with van der Waals surface area (Å²) < 4.78 is 28.5. The molecule has 0 fully saturated rings. The van der Waals surface area contributed by atoms with E-state index in [-0.39, 0.29) is 12.4 Å². The van der Waals surface area contributed by atoms with Gasteiger partial charge < -0.3 is 14.2 Å². The summed E-state index contributed by atoms with van der Waals surface area (Å²) >= 11 is 0. The first kappa shape index (κ1) is 19.8. The first-order valence-corrected chi connectivity index (χ1v) is 7.89. The molecule has 8 heteroatoms. The van der Waals surface area contributed by atoms with Crippen molar-refractivity contribution in [3.8, 4) is 17.2 Å². The Bertz CT molecular complexity index is 839. The third-order valence-corrected chi connectivity index (χ3v) is 3.34. The van der Waals surface area contributed by atoms with Gasteiger partial charge in [-0.05, 0) is 36.4 Å². The lowest BCUT2D eigenvalue weighted by atomic mass is 10.1. The Morgan fingerprint density at radius 3 is 2.56 bits per heavy atom. The number of hydrazine groups is 1. The van der Waals surface area contributed by atoms with Crippen molar-refractivity contribution in [1.29, 1.82) is 0 Å². The molecule has 0 aliphatic carbocycles. The summed E-state index contributed by atoms with van der Waals surface area (Å²) in [7, 11) is 3.04. The van der Waals surface area contributed by atoms with Crippen LogP contribution in [0.25, 0.3) is 6.08 Å². The van der Waals surface area contributed by atoms with Gasteiger partial charge in [0.1, 0.15) is 23.1 Å². The molecule has 0 saturated heterocycles. The molecule has 7 nitrogen and oxygen atoms in total. The summed E-state index contributed by atoms with van der Waals surface area (Å²) in [5, 5.41) is 0. The van der Waals surface area contributed by atoms with E-state index in [4.69, 9.17) is 14.2 Å². The van der Waals surface area contributed by atoms with Gasteiger partial charge in [0.15, 0.2) is 6.61 Å². The van der Waals surface area contributed by atoms with Crippen LogP contribution < -0.4 is 25.1 Å². The lowest BCUT2D eigenvalue weighted by molar-refractivity contribution is -0.128. The van der Waals surface area contributed by atoms with Crippen LogP contribution in [0.5, 0.6) is 17.2 Å². The summed E-state index contributed by atoms with van der Waals surface area (Å²) in [6, 6.07) is 10.5. The van der Waals surface area contributed by atoms with Gasteiger partial charge >= 0.3 is 0 Å². The average molecular weight is 374 g/mol. The molecule has 2 aromatic carbocycles. The largest absolute Gasteiger partial charge is 0.497 e. The van der Waals surface area contributed by atoms with Crippen LogP contribution in [0.2, 0.25) is 0 Å². The van der Waals surface area contributed by atoms with E-state index in [1.54, 1.807) is 18.2 Å². The van der Waals surface area contributed by atoms with E-state index >= 15 is 0 Å². The van der Waals surface area contributed by atoms with E-state index in [2.05, 4.69) is 10.9 Å². The van der Waals surface area contributed by atoms with Crippen LogP contribution in [-0.4, -0.2) is 32.6 Å². The van der Waals surface area contributed by atoms with E-state index < -0.39 is 17.6 Å². The van der Waals surface area contributed by atoms with Gasteiger partial charge in [-0.15, -0.1) is 0 Å². The van der Waals surface area contributed by atoms with Gasteiger partial charge in [0, 0.05) is 17.7 Å². The first-order chi connectivity index (χ1) is 13.0. The minimum atomic E-state index is -0.597. The topological polar surface area (TPSA) is 85.9 Å². The third kappa shape index (κ3) is 6.35. The van der Waals surface area contributed by atoms with Crippen molar-refractivity contribution in [2.24, 2.45) is 0 Å². The van der Waals surface area contributed by atoms with Crippen molar-refractivity contribution < 1.29 is 28.2 Å². The lowest BCUT2D eigenvalue weighted by Crippen LogP contribution is -2.43. The van der Waals surface area contributed by atoms with Gasteiger partial charge in [-0.1, -0.05) is 6.07 Å². The minimum absolute atomic E-state index is 0.210. The van der Waals surface area contributed by atoms with Crippen molar-refractivity contribution in [2.45, 2.75) is 0 Å². The number of halogens is 1. The monoisotopic (exact) mass is 374 g/mol. The fraction of sp³-hybridized carbons (Fsp3) is 0.158.